The van der Waals surface area contributed by atoms with Crippen LogP contribution >= 0.6 is 0 Å². The summed E-state index contributed by atoms with van der Waals surface area (Å²) in [6, 6.07) is 10.9. The van der Waals surface area contributed by atoms with E-state index in [1.807, 2.05) is 6.92 Å². The highest BCUT2D eigenvalue weighted by atomic mass is 19.1. The number of halogens is 1. The number of aromatic nitrogens is 3. The molecule has 1 aliphatic rings. The van der Waals surface area contributed by atoms with Gasteiger partial charge in [0.2, 0.25) is 0 Å². The first kappa shape index (κ1) is 27.1. The molecule has 0 radical (unpaired) electrons. The minimum Gasteiger partial charge on any atom is -0.382 e. The fraction of sp³-hybridized carbons (Fsp3) is 0.310. The predicted octanol–water partition coefficient (Wildman–Crippen LogP) is 4.68. The van der Waals surface area contributed by atoms with Crippen LogP contribution in [0.2, 0.25) is 0 Å². The first-order valence-electron chi connectivity index (χ1n) is 13.5. The van der Waals surface area contributed by atoms with Gasteiger partial charge in [-0.1, -0.05) is 18.2 Å². The van der Waals surface area contributed by atoms with Crippen molar-refractivity contribution in [1.29, 1.82) is 0 Å². The first-order valence-corrected chi connectivity index (χ1v) is 13.5. The van der Waals surface area contributed by atoms with E-state index in [-0.39, 0.29) is 17.4 Å². The molecule has 4 aromatic rings. The highest BCUT2D eigenvalue weighted by Gasteiger charge is 2.21. The van der Waals surface area contributed by atoms with Crippen molar-refractivity contribution < 1.29 is 14.0 Å². The van der Waals surface area contributed by atoms with Gasteiger partial charge in [0.1, 0.15) is 17.7 Å². The Balaban J connectivity index is 1.29. The van der Waals surface area contributed by atoms with Crippen molar-refractivity contribution in [2.75, 3.05) is 42.5 Å². The molecule has 40 heavy (non-hydrogen) atoms. The molecule has 3 amide bonds. The molecule has 11 heteroatoms. The quantitative estimate of drug-likeness (QED) is 0.227. The number of amides is 3. The molecular formula is C29H33FN8O2. The van der Waals surface area contributed by atoms with E-state index >= 15 is 0 Å². The summed E-state index contributed by atoms with van der Waals surface area (Å²) in [5.41, 5.74) is 9.87. The lowest BCUT2D eigenvalue weighted by atomic mass is 10.0. The number of hydrogen-bond acceptors (Lipinski definition) is 6. The lowest BCUT2D eigenvalue weighted by molar-refractivity contribution is 0.0953. The van der Waals surface area contributed by atoms with Gasteiger partial charge in [-0.15, -0.1) is 0 Å². The number of anilines is 3. The summed E-state index contributed by atoms with van der Waals surface area (Å²) in [7, 11) is 0. The molecule has 5 N–H and O–H groups in total. The standard InChI is InChI=1S/C29H33FN8O2/c1-19-6-11-23(30)24(16-19)36-29(40)35-21-9-7-20(8-10-21)25-22(17-38-26(25)27(31)33-18-34-38)28(39)32-12-2-3-13-37-14-4-5-15-37/h6-11,16-18H,2-5,12-15H2,1H3,(H,32,39)(H2,31,33,34)(H2,35,36,40). The van der Waals surface area contributed by atoms with E-state index in [2.05, 4.69) is 30.9 Å². The highest BCUT2D eigenvalue weighted by molar-refractivity contribution is 6.07. The molecule has 3 heterocycles. The molecule has 10 nitrogen and oxygen atoms in total. The third-order valence-corrected chi connectivity index (χ3v) is 7.03. The third-order valence-electron chi connectivity index (χ3n) is 7.03. The summed E-state index contributed by atoms with van der Waals surface area (Å²) < 4.78 is 15.6. The Kier molecular flexibility index (Phi) is 8.20. The van der Waals surface area contributed by atoms with Gasteiger partial charge < -0.3 is 26.6 Å². The number of hydrogen-bond donors (Lipinski definition) is 4. The Hall–Kier alpha value is -4.51. The molecule has 1 saturated heterocycles. The fourth-order valence-corrected chi connectivity index (χ4v) is 5.00. The van der Waals surface area contributed by atoms with Crippen molar-refractivity contribution >= 4 is 34.6 Å². The summed E-state index contributed by atoms with van der Waals surface area (Å²) in [4.78, 5) is 32.3. The van der Waals surface area contributed by atoms with Gasteiger partial charge >= 0.3 is 6.03 Å². The van der Waals surface area contributed by atoms with Gasteiger partial charge in [-0.3, -0.25) is 4.79 Å². The molecular weight excluding hydrogens is 511 g/mol. The van der Waals surface area contributed by atoms with Crippen molar-refractivity contribution in [1.82, 2.24) is 24.8 Å². The molecule has 208 valence electrons. The number of carbonyl (C=O) groups excluding carboxylic acids is 2. The van der Waals surface area contributed by atoms with Crippen LogP contribution in [-0.4, -0.2) is 57.6 Å². The summed E-state index contributed by atoms with van der Waals surface area (Å²) in [5, 5.41) is 12.5. The number of urea groups is 1. The number of rotatable bonds is 9. The average Bonchev–Trinajstić information content (AvgIpc) is 3.60. The molecule has 5 rings (SSSR count). The summed E-state index contributed by atoms with van der Waals surface area (Å²) >= 11 is 0. The normalized spacial score (nSPS) is 13.4. The topological polar surface area (TPSA) is 130 Å². The van der Waals surface area contributed by atoms with Gasteiger partial charge in [-0.05, 0) is 87.6 Å². The van der Waals surface area contributed by atoms with Crippen molar-refractivity contribution in [3.63, 3.8) is 0 Å². The Labute approximate surface area is 231 Å². The zero-order valence-electron chi connectivity index (χ0n) is 22.4. The molecule has 0 saturated carbocycles. The second kappa shape index (κ2) is 12.1. The summed E-state index contributed by atoms with van der Waals surface area (Å²) in [5.74, 6) is -0.492. The fourth-order valence-electron chi connectivity index (χ4n) is 5.00. The van der Waals surface area contributed by atoms with Crippen LogP contribution in [0.1, 0.15) is 41.6 Å². The second-order valence-corrected chi connectivity index (χ2v) is 10.0. The average molecular weight is 545 g/mol. The zero-order valence-corrected chi connectivity index (χ0v) is 22.4. The molecule has 0 bridgehead atoms. The first-order chi connectivity index (χ1) is 19.4. The number of benzene rings is 2. The van der Waals surface area contributed by atoms with E-state index in [0.717, 1.165) is 24.9 Å². The number of unbranched alkanes of at least 4 members (excludes halogenated alkanes) is 1. The molecule has 2 aromatic heterocycles. The van der Waals surface area contributed by atoms with Gasteiger partial charge in [0.15, 0.2) is 5.82 Å². The van der Waals surface area contributed by atoms with Crippen molar-refractivity contribution in [3.8, 4) is 11.1 Å². The van der Waals surface area contributed by atoms with E-state index in [0.29, 0.717) is 34.4 Å². The van der Waals surface area contributed by atoms with E-state index in [1.165, 1.54) is 38.3 Å². The molecule has 0 unspecified atom stereocenters. The Bertz CT molecular complexity index is 1510. The smallest absolute Gasteiger partial charge is 0.323 e. The number of likely N-dealkylation sites (tertiary alicyclic amines) is 1. The Morgan fingerprint density at radius 3 is 2.60 bits per heavy atom. The van der Waals surface area contributed by atoms with Crippen molar-refractivity contribution in [2.45, 2.75) is 32.6 Å². The van der Waals surface area contributed by atoms with Crippen LogP contribution in [0.3, 0.4) is 0 Å². The minimum absolute atomic E-state index is 0.0941. The molecule has 1 aliphatic heterocycles. The third kappa shape index (κ3) is 6.20. The van der Waals surface area contributed by atoms with Crippen LogP contribution in [0.15, 0.2) is 55.0 Å². The van der Waals surface area contributed by atoms with Crippen molar-refractivity contribution in [3.05, 3.63) is 71.9 Å². The lowest BCUT2D eigenvalue weighted by Crippen LogP contribution is -2.26. The zero-order chi connectivity index (χ0) is 28.1. The second-order valence-electron chi connectivity index (χ2n) is 10.0. The number of nitrogen functional groups attached to an aromatic ring is 1. The maximum Gasteiger partial charge on any atom is 0.323 e. The number of nitrogens with one attached hydrogen (secondary N) is 3. The molecule has 0 aliphatic carbocycles. The van der Waals surface area contributed by atoms with Crippen LogP contribution in [0.5, 0.6) is 0 Å². The molecule has 2 aromatic carbocycles. The lowest BCUT2D eigenvalue weighted by Gasteiger charge is -2.14. The molecule has 0 atom stereocenters. The van der Waals surface area contributed by atoms with E-state index < -0.39 is 11.8 Å². The maximum absolute atomic E-state index is 14.0. The SMILES string of the molecule is Cc1ccc(F)c(NC(=O)Nc2ccc(-c3c(C(=O)NCCCCN4CCCC4)cn4ncnc(N)c34)cc2)c1. The van der Waals surface area contributed by atoms with Gasteiger partial charge in [0, 0.05) is 24.0 Å². The van der Waals surface area contributed by atoms with Gasteiger partial charge in [-0.25, -0.2) is 18.7 Å². The minimum atomic E-state index is -0.575. The van der Waals surface area contributed by atoms with E-state index in [9.17, 15) is 14.0 Å². The van der Waals surface area contributed by atoms with Crippen LogP contribution in [0, 0.1) is 12.7 Å². The predicted molar refractivity (Wildman–Crippen MR) is 154 cm³/mol. The van der Waals surface area contributed by atoms with E-state index in [1.54, 1.807) is 47.1 Å². The summed E-state index contributed by atoms with van der Waals surface area (Å²) in [6.07, 6.45) is 7.45. The molecule has 0 spiro atoms. The number of carbonyl (C=O) groups is 2. The van der Waals surface area contributed by atoms with Crippen molar-refractivity contribution in [2.24, 2.45) is 0 Å². The van der Waals surface area contributed by atoms with Gasteiger partial charge in [-0.2, -0.15) is 5.10 Å². The highest BCUT2D eigenvalue weighted by Crippen LogP contribution is 2.33. The summed E-state index contributed by atoms with van der Waals surface area (Å²) in [6.45, 7) is 5.77. The Morgan fingerprint density at radius 1 is 1.05 bits per heavy atom. The monoisotopic (exact) mass is 544 g/mol. The van der Waals surface area contributed by atoms with Crippen LogP contribution in [0.4, 0.5) is 26.4 Å². The Morgan fingerprint density at radius 2 is 1.82 bits per heavy atom. The van der Waals surface area contributed by atoms with Gasteiger partial charge in [0.05, 0.1) is 11.3 Å². The van der Waals surface area contributed by atoms with E-state index in [4.69, 9.17) is 5.73 Å². The maximum atomic E-state index is 14.0. The number of nitrogens with zero attached hydrogens (tertiary/aromatic N) is 4. The van der Waals surface area contributed by atoms with Crippen LogP contribution < -0.4 is 21.7 Å². The molecule has 1 fully saturated rings. The number of nitrogens with two attached hydrogens (primary N) is 1. The largest absolute Gasteiger partial charge is 0.382 e. The number of fused-ring (bicyclic) bond motifs is 1. The van der Waals surface area contributed by atoms with Crippen LogP contribution in [0.25, 0.3) is 16.6 Å². The number of aryl methyl sites for hydroxylation is 1. The van der Waals surface area contributed by atoms with Crippen LogP contribution in [-0.2, 0) is 0 Å². The van der Waals surface area contributed by atoms with Gasteiger partial charge in [0.25, 0.3) is 5.91 Å².